The summed E-state index contributed by atoms with van der Waals surface area (Å²) in [5, 5.41) is 20.8. The van der Waals surface area contributed by atoms with E-state index in [-0.39, 0.29) is 44.2 Å². The van der Waals surface area contributed by atoms with Gasteiger partial charge in [-0.15, -0.1) is 0 Å². The molecule has 0 saturated heterocycles. The third-order valence-corrected chi connectivity index (χ3v) is 11.6. The molecule has 12 nitrogen and oxygen atoms in total. The van der Waals surface area contributed by atoms with E-state index in [1.165, 1.54) is 25.7 Å². The molecule has 63 heavy (non-hydrogen) atoms. The standard InChI is InChI=1S/C50H84NO11P/c1-6-8-10-11-12-13-14-15-16-17-18-19-20-21-22-23-24-25-30-34-49(55)59-41-44(42-61-63(57,58)60-39-38-51(3,4)5)62-50(56)35-31-27-26-29-33-45-46(48(54)40-47(45)53)37-36-43(52)32-28-9-7-2/h12-13,15-16,18-19,21-22,24-25,36-37,43-47,52-53H,6-11,14,17,20,23,26-35,38-42H2,1-5H3/p+1/b13-12-,16-15-,19-18-,22-21-,25-24-,37-36+/t43-,44+,45+,46+,47-/m0/s1. The first-order valence-electron chi connectivity index (χ1n) is 23.8. The highest BCUT2D eigenvalue weighted by Gasteiger charge is 2.39. The number of phosphoric ester groups is 1. The maximum Gasteiger partial charge on any atom is 0.472 e. The van der Waals surface area contributed by atoms with Gasteiger partial charge in [-0.3, -0.25) is 23.4 Å². The van der Waals surface area contributed by atoms with Gasteiger partial charge in [0.1, 0.15) is 25.5 Å². The van der Waals surface area contributed by atoms with Crippen LogP contribution in [-0.2, 0) is 37.5 Å². The van der Waals surface area contributed by atoms with Crippen molar-refractivity contribution >= 4 is 25.5 Å². The van der Waals surface area contributed by atoms with Crippen LogP contribution in [0.2, 0.25) is 0 Å². The minimum absolute atomic E-state index is 0.00409. The van der Waals surface area contributed by atoms with Gasteiger partial charge in [-0.1, -0.05) is 138 Å². The number of nitrogens with zero attached hydrogens (tertiary/aromatic N) is 1. The van der Waals surface area contributed by atoms with E-state index in [4.69, 9.17) is 18.5 Å². The highest BCUT2D eigenvalue weighted by atomic mass is 31.2. The van der Waals surface area contributed by atoms with E-state index in [0.29, 0.717) is 43.1 Å². The van der Waals surface area contributed by atoms with E-state index in [0.717, 1.165) is 57.8 Å². The first-order valence-corrected chi connectivity index (χ1v) is 25.3. The summed E-state index contributed by atoms with van der Waals surface area (Å²) >= 11 is 0. The lowest BCUT2D eigenvalue weighted by molar-refractivity contribution is -0.870. The monoisotopic (exact) mass is 907 g/mol. The zero-order valence-corrected chi connectivity index (χ0v) is 40.4. The van der Waals surface area contributed by atoms with Gasteiger partial charge in [0.05, 0.1) is 40.0 Å². The van der Waals surface area contributed by atoms with Crippen molar-refractivity contribution < 1.29 is 57.1 Å². The normalized spacial score (nSPS) is 19.4. The molecular formula is C50H85NO11P+. The molecule has 0 heterocycles. The number of ether oxygens (including phenoxy) is 2. The molecule has 0 amide bonds. The van der Waals surface area contributed by atoms with Crippen LogP contribution in [0.5, 0.6) is 0 Å². The molecule has 3 N–H and O–H groups in total. The van der Waals surface area contributed by atoms with Crippen LogP contribution in [0.1, 0.15) is 149 Å². The molecule has 0 aromatic carbocycles. The number of unbranched alkanes of at least 4 members (excludes halogenated alkanes) is 8. The lowest BCUT2D eigenvalue weighted by atomic mass is 9.88. The van der Waals surface area contributed by atoms with E-state index >= 15 is 0 Å². The average molecular weight is 907 g/mol. The minimum Gasteiger partial charge on any atom is -0.462 e. The number of aliphatic hydroxyl groups excluding tert-OH is 2. The first kappa shape index (κ1) is 58.1. The molecule has 1 aliphatic carbocycles. The Morgan fingerprint density at radius 2 is 1.33 bits per heavy atom. The first-order chi connectivity index (χ1) is 30.2. The largest absolute Gasteiger partial charge is 0.472 e. The van der Waals surface area contributed by atoms with Gasteiger partial charge in [0.15, 0.2) is 6.10 Å². The van der Waals surface area contributed by atoms with Crippen molar-refractivity contribution in [2.75, 3.05) is 47.5 Å². The van der Waals surface area contributed by atoms with Crippen molar-refractivity contribution in [3.63, 3.8) is 0 Å². The van der Waals surface area contributed by atoms with E-state index in [9.17, 15) is 34.1 Å². The summed E-state index contributed by atoms with van der Waals surface area (Å²) in [4.78, 5) is 48.2. The van der Waals surface area contributed by atoms with Crippen LogP contribution in [0.25, 0.3) is 0 Å². The van der Waals surface area contributed by atoms with Crippen molar-refractivity contribution in [1.29, 1.82) is 0 Å². The molecule has 1 aliphatic rings. The van der Waals surface area contributed by atoms with Crippen LogP contribution in [0.15, 0.2) is 72.9 Å². The number of aliphatic hydroxyl groups is 2. The second-order valence-electron chi connectivity index (χ2n) is 17.6. The van der Waals surface area contributed by atoms with Gasteiger partial charge >= 0.3 is 19.8 Å². The Morgan fingerprint density at radius 1 is 0.746 bits per heavy atom. The third-order valence-electron chi connectivity index (χ3n) is 10.6. The summed E-state index contributed by atoms with van der Waals surface area (Å²) in [5.74, 6) is -1.66. The maximum atomic E-state index is 12.8. The van der Waals surface area contributed by atoms with Gasteiger partial charge in [-0.2, -0.15) is 0 Å². The fraction of sp³-hybridized carbons (Fsp3) is 0.700. The average Bonchev–Trinajstić information content (AvgIpc) is 3.50. The van der Waals surface area contributed by atoms with E-state index in [1.54, 1.807) is 12.2 Å². The number of phosphoric acid groups is 1. The number of hydrogen-bond acceptors (Lipinski definition) is 10. The number of hydrogen-bond donors (Lipinski definition) is 3. The van der Waals surface area contributed by atoms with Gasteiger partial charge in [0, 0.05) is 25.2 Å². The third kappa shape index (κ3) is 33.2. The second kappa shape index (κ2) is 36.3. The number of rotatable bonds is 38. The van der Waals surface area contributed by atoms with Gasteiger partial charge in [-0.25, -0.2) is 4.57 Å². The number of Topliss-reactive ketones (excluding diaryl/α,β-unsaturated/α-hetero) is 1. The Balaban J connectivity index is 2.50. The number of carbonyl (C=O) groups excluding carboxylic acids is 3. The molecule has 1 fully saturated rings. The lowest BCUT2D eigenvalue weighted by Crippen LogP contribution is -2.37. The highest BCUT2D eigenvalue weighted by Crippen LogP contribution is 2.43. The number of ketones is 1. The van der Waals surface area contributed by atoms with E-state index < -0.39 is 50.6 Å². The number of likely N-dealkylation sites (N-methyl/N-ethyl adjacent to an activating group) is 1. The SMILES string of the molecule is CCCCC/C=C\C/C=C\C/C=C\C/C=C\C/C=C\CCC(=O)OC[C@H](COP(=O)(O)OCC[N+](C)(C)C)OC(=O)CCCCCC[C@H]1[C@@H](O)CC(=O)[C@@H]1/C=C/[C@@H](O)CCCCC. The van der Waals surface area contributed by atoms with E-state index in [1.807, 2.05) is 33.3 Å². The molecule has 0 aliphatic heterocycles. The molecule has 0 radical (unpaired) electrons. The smallest absolute Gasteiger partial charge is 0.462 e. The number of esters is 2. The van der Waals surface area contributed by atoms with Crippen molar-refractivity contribution in [3.8, 4) is 0 Å². The van der Waals surface area contributed by atoms with Crippen LogP contribution >= 0.6 is 7.82 Å². The predicted molar refractivity (Wildman–Crippen MR) is 253 cm³/mol. The van der Waals surface area contributed by atoms with E-state index in [2.05, 4.69) is 62.5 Å². The summed E-state index contributed by atoms with van der Waals surface area (Å²) in [6, 6.07) is 0. The Labute approximate surface area is 380 Å². The Hall–Kier alpha value is -2.96. The Bertz CT molecular complexity index is 1460. The summed E-state index contributed by atoms with van der Waals surface area (Å²) < 4.78 is 34.2. The second-order valence-corrected chi connectivity index (χ2v) is 19.0. The number of allylic oxidation sites excluding steroid dienone is 11. The Kier molecular flexibility index (Phi) is 33.4. The molecule has 0 aromatic rings. The molecule has 0 spiro atoms. The van der Waals surface area contributed by atoms with Gasteiger partial charge < -0.3 is 29.1 Å². The minimum atomic E-state index is -4.47. The summed E-state index contributed by atoms with van der Waals surface area (Å²) in [7, 11) is 1.28. The summed E-state index contributed by atoms with van der Waals surface area (Å²) in [6.07, 6.45) is 38.7. The predicted octanol–water partition coefficient (Wildman–Crippen LogP) is 10.4. The number of quaternary nitrogens is 1. The molecule has 360 valence electrons. The molecule has 6 atom stereocenters. The molecule has 1 unspecified atom stereocenters. The van der Waals surface area contributed by atoms with Crippen LogP contribution in [0, 0.1) is 11.8 Å². The van der Waals surface area contributed by atoms with Crippen LogP contribution in [0.3, 0.4) is 0 Å². The summed E-state index contributed by atoms with van der Waals surface area (Å²) in [6.45, 7) is 3.92. The fourth-order valence-corrected chi connectivity index (χ4v) is 7.58. The molecular weight excluding hydrogens is 822 g/mol. The van der Waals surface area contributed by atoms with Crippen LogP contribution < -0.4 is 0 Å². The molecule has 1 rings (SSSR count). The Morgan fingerprint density at radius 3 is 1.95 bits per heavy atom. The molecule has 0 bridgehead atoms. The van der Waals surface area contributed by atoms with Crippen molar-refractivity contribution in [3.05, 3.63) is 72.9 Å². The quantitative estimate of drug-likeness (QED) is 0.0177. The molecule has 1 saturated carbocycles. The molecule has 0 aromatic heterocycles. The number of carbonyl (C=O) groups is 3. The maximum absolute atomic E-state index is 12.8. The van der Waals surface area contributed by atoms with Crippen molar-refractivity contribution in [2.24, 2.45) is 11.8 Å². The van der Waals surface area contributed by atoms with Crippen LogP contribution in [-0.4, -0.2) is 103 Å². The topological polar surface area (TPSA) is 166 Å². The zero-order chi connectivity index (χ0) is 46.6. The highest BCUT2D eigenvalue weighted by molar-refractivity contribution is 7.47. The fourth-order valence-electron chi connectivity index (χ4n) is 6.84. The molecule has 13 heteroatoms. The zero-order valence-electron chi connectivity index (χ0n) is 39.5. The van der Waals surface area contributed by atoms with Gasteiger partial charge in [0.2, 0.25) is 0 Å². The van der Waals surface area contributed by atoms with Crippen molar-refractivity contribution in [2.45, 2.75) is 167 Å². The van der Waals surface area contributed by atoms with Gasteiger partial charge in [-0.05, 0) is 70.1 Å². The van der Waals surface area contributed by atoms with Crippen molar-refractivity contribution in [1.82, 2.24) is 0 Å². The van der Waals surface area contributed by atoms with Crippen LogP contribution in [0.4, 0.5) is 0 Å². The van der Waals surface area contributed by atoms with Gasteiger partial charge in [0.25, 0.3) is 0 Å². The summed E-state index contributed by atoms with van der Waals surface area (Å²) in [5.41, 5.74) is 0. The lowest BCUT2D eigenvalue weighted by Gasteiger charge is -2.24.